The number of hydrogen-bond donors (Lipinski definition) is 2. The third kappa shape index (κ3) is 3.48. The quantitative estimate of drug-likeness (QED) is 0.890. The third-order valence-electron chi connectivity index (χ3n) is 4.38. The van der Waals surface area contributed by atoms with Crippen molar-refractivity contribution in [2.45, 2.75) is 24.9 Å². The molecular formula is C17H23N3O2. The number of nitrogens with zero attached hydrogens (tertiary/aromatic N) is 2. The summed E-state index contributed by atoms with van der Waals surface area (Å²) in [6, 6.07) is 9.71. The van der Waals surface area contributed by atoms with Gasteiger partial charge in [-0.1, -0.05) is 12.1 Å². The topological polar surface area (TPSA) is 61.4 Å². The second-order valence-electron chi connectivity index (χ2n) is 5.90. The highest BCUT2D eigenvalue weighted by Gasteiger charge is 2.24. The molecule has 5 heteroatoms. The van der Waals surface area contributed by atoms with Crippen LogP contribution in [0.2, 0.25) is 0 Å². The monoisotopic (exact) mass is 301 g/mol. The zero-order valence-electron chi connectivity index (χ0n) is 12.9. The fourth-order valence-electron chi connectivity index (χ4n) is 3.17. The molecule has 0 amide bonds. The molecule has 1 aromatic heterocycles. The summed E-state index contributed by atoms with van der Waals surface area (Å²) in [6.07, 6.45) is 3.64. The number of piperidine rings is 1. The van der Waals surface area contributed by atoms with Crippen molar-refractivity contribution >= 4 is 0 Å². The molecule has 3 rings (SSSR count). The number of hydrogen-bond acceptors (Lipinski definition) is 4. The van der Waals surface area contributed by atoms with Crippen LogP contribution in [0.25, 0.3) is 0 Å². The highest BCUT2D eigenvalue weighted by molar-refractivity contribution is 5.30. The number of ether oxygens (including phenoxy) is 1. The second kappa shape index (κ2) is 6.94. The first-order valence-electron chi connectivity index (χ1n) is 7.80. The van der Waals surface area contributed by atoms with Crippen LogP contribution >= 0.6 is 0 Å². The van der Waals surface area contributed by atoms with E-state index in [0.717, 1.165) is 30.8 Å². The zero-order chi connectivity index (χ0) is 15.4. The average molecular weight is 301 g/mol. The number of likely N-dealkylation sites (tertiary alicyclic amines) is 1. The Hall–Kier alpha value is -1.85. The van der Waals surface area contributed by atoms with Crippen molar-refractivity contribution < 1.29 is 9.84 Å². The maximum Gasteiger partial charge on any atom is 0.119 e. The number of β-amino-alcohol motifs (C(OH)–C–C–N with tert-alkyl or cyclic N) is 1. The van der Waals surface area contributed by atoms with Gasteiger partial charge in [0, 0.05) is 30.9 Å². The average Bonchev–Trinajstić information content (AvgIpc) is 3.10. The first kappa shape index (κ1) is 15.1. The number of rotatable bonds is 5. The van der Waals surface area contributed by atoms with Crippen molar-refractivity contribution in [1.29, 1.82) is 0 Å². The number of nitrogens with one attached hydrogen (secondary N) is 1. The molecule has 1 fully saturated rings. The zero-order valence-corrected chi connectivity index (χ0v) is 12.9. The van der Waals surface area contributed by atoms with Gasteiger partial charge in [-0.3, -0.25) is 10.00 Å². The van der Waals surface area contributed by atoms with Crippen LogP contribution in [0.1, 0.15) is 36.1 Å². The van der Waals surface area contributed by atoms with Gasteiger partial charge in [-0.05, 0) is 43.1 Å². The predicted molar refractivity (Wildman–Crippen MR) is 85.0 cm³/mol. The maximum atomic E-state index is 10.5. The van der Waals surface area contributed by atoms with E-state index in [9.17, 15) is 5.11 Å². The molecule has 0 saturated carbocycles. The minimum atomic E-state index is -0.490. The van der Waals surface area contributed by atoms with E-state index in [1.54, 1.807) is 13.3 Å². The van der Waals surface area contributed by atoms with Gasteiger partial charge in [0.2, 0.25) is 0 Å². The molecule has 2 atom stereocenters. The summed E-state index contributed by atoms with van der Waals surface area (Å²) in [5.74, 6) is 1.26. The number of benzene rings is 1. The minimum Gasteiger partial charge on any atom is -0.497 e. The summed E-state index contributed by atoms with van der Waals surface area (Å²) < 4.78 is 5.23. The molecular weight excluding hydrogens is 278 g/mol. The Morgan fingerprint density at radius 1 is 1.45 bits per heavy atom. The first-order chi connectivity index (χ1) is 10.8. The van der Waals surface area contributed by atoms with Crippen LogP contribution in [-0.4, -0.2) is 46.9 Å². The van der Waals surface area contributed by atoms with Crippen LogP contribution in [0.4, 0.5) is 0 Å². The summed E-state index contributed by atoms with van der Waals surface area (Å²) in [6.45, 7) is 2.65. The Kier molecular flexibility index (Phi) is 4.75. The SMILES string of the molecule is COc1cccc([C@H](O)CN2CCC[C@H](c3ccn[nH]3)C2)c1. The van der Waals surface area contributed by atoms with Crippen LogP contribution in [0.3, 0.4) is 0 Å². The molecule has 1 saturated heterocycles. The van der Waals surface area contributed by atoms with Crippen LogP contribution in [0, 0.1) is 0 Å². The Balaban J connectivity index is 1.62. The summed E-state index contributed by atoms with van der Waals surface area (Å²) in [4.78, 5) is 2.33. The molecule has 0 spiro atoms. The minimum absolute atomic E-state index is 0.480. The van der Waals surface area contributed by atoms with Gasteiger partial charge >= 0.3 is 0 Å². The van der Waals surface area contributed by atoms with Crippen LogP contribution < -0.4 is 4.74 Å². The van der Waals surface area contributed by atoms with Crippen LogP contribution in [-0.2, 0) is 0 Å². The molecule has 1 aliphatic heterocycles. The van der Waals surface area contributed by atoms with Crippen molar-refractivity contribution in [1.82, 2.24) is 15.1 Å². The van der Waals surface area contributed by atoms with Gasteiger partial charge in [0.15, 0.2) is 0 Å². The molecule has 0 bridgehead atoms. The number of aliphatic hydroxyl groups excluding tert-OH is 1. The molecule has 1 aromatic carbocycles. The van der Waals surface area contributed by atoms with Crippen molar-refractivity contribution in [3.05, 3.63) is 47.8 Å². The summed E-state index contributed by atoms with van der Waals surface area (Å²) in [7, 11) is 1.64. The molecule has 0 aliphatic carbocycles. The third-order valence-corrected chi connectivity index (χ3v) is 4.38. The van der Waals surface area contributed by atoms with Crippen molar-refractivity contribution in [3.8, 4) is 5.75 Å². The number of H-pyrrole nitrogens is 1. The fraction of sp³-hybridized carbons (Fsp3) is 0.471. The Morgan fingerprint density at radius 3 is 3.14 bits per heavy atom. The van der Waals surface area contributed by atoms with E-state index < -0.39 is 6.10 Å². The van der Waals surface area contributed by atoms with Crippen molar-refractivity contribution in [2.75, 3.05) is 26.7 Å². The second-order valence-corrected chi connectivity index (χ2v) is 5.90. The summed E-state index contributed by atoms with van der Waals surface area (Å²) >= 11 is 0. The van der Waals surface area contributed by atoms with E-state index in [1.165, 1.54) is 12.1 Å². The molecule has 118 valence electrons. The molecule has 2 aromatic rings. The lowest BCUT2D eigenvalue weighted by atomic mass is 9.94. The van der Waals surface area contributed by atoms with Gasteiger partial charge in [-0.25, -0.2) is 0 Å². The first-order valence-corrected chi connectivity index (χ1v) is 7.80. The van der Waals surface area contributed by atoms with Crippen LogP contribution in [0.5, 0.6) is 5.75 Å². The van der Waals surface area contributed by atoms with Crippen molar-refractivity contribution in [2.24, 2.45) is 0 Å². The Bertz CT molecular complexity index is 585. The molecule has 2 heterocycles. The van der Waals surface area contributed by atoms with Gasteiger partial charge in [-0.15, -0.1) is 0 Å². The fourth-order valence-corrected chi connectivity index (χ4v) is 3.17. The Morgan fingerprint density at radius 2 is 2.36 bits per heavy atom. The molecule has 22 heavy (non-hydrogen) atoms. The van der Waals surface area contributed by atoms with Crippen molar-refractivity contribution in [3.63, 3.8) is 0 Å². The standard InChI is InChI=1S/C17H23N3O2/c1-22-15-6-2-4-13(10-15)17(21)12-20-9-3-5-14(11-20)16-7-8-18-19-16/h2,4,6-8,10,14,17,21H,3,5,9,11-12H2,1H3,(H,18,19)/t14-,17+/m0/s1. The van der Waals surface area contributed by atoms with E-state index in [-0.39, 0.29) is 0 Å². The van der Waals surface area contributed by atoms with Gasteiger partial charge < -0.3 is 9.84 Å². The highest BCUT2D eigenvalue weighted by atomic mass is 16.5. The summed E-state index contributed by atoms with van der Waals surface area (Å²) in [5.41, 5.74) is 2.10. The van der Waals surface area contributed by atoms with E-state index in [0.29, 0.717) is 12.5 Å². The van der Waals surface area contributed by atoms with E-state index in [2.05, 4.69) is 15.1 Å². The van der Waals surface area contributed by atoms with E-state index >= 15 is 0 Å². The van der Waals surface area contributed by atoms with Gasteiger partial charge in [-0.2, -0.15) is 5.10 Å². The normalized spacial score (nSPS) is 20.7. The number of aromatic nitrogens is 2. The largest absolute Gasteiger partial charge is 0.497 e. The van der Waals surface area contributed by atoms with Gasteiger partial charge in [0.1, 0.15) is 5.75 Å². The van der Waals surface area contributed by atoms with Gasteiger partial charge in [0.05, 0.1) is 13.2 Å². The number of aliphatic hydroxyl groups is 1. The Labute approximate surface area is 130 Å². The lowest BCUT2D eigenvalue weighted by Crippen LogP contribution is -2.37. The molecule has 5 nitrogen and oxygen atoms in total. The van der Waals surface area contributed by atoms with Crippen LogP contribution in [0.15, 0.2) is 36.5 Å². The molecule has 1 aliphatic rings. The molecule has 0 unspecified atom stereocenters. The smallest absolute Gasteiger partial charge is 0.119 e. The van der Waals surface area contributed by atoms with Gasteiger partial charge in [0.25, 0.3) is 0 Å². The number of aromatic amines is 1. The molecule has 0 radical (unpaired) electrons. The van der Waals surface area contributed by atoms with E-state index in [4.69, 9.17) is 4.74 Å². The maximum absolute atomic E-state index is 10.5. The highest BCUT2D eigenvalue weighted by Crippen LogP contribution is 2.27. The summed E-state index contributed by atoms with van der Waals surface area (Å²) in [5, 5.41) is 17.6. The lowest BCUT2D eigenvalue weighted by Gasteiger charge is -2.33. The number of methoxy groups -OCH3 is 1. The lowest BCUT2D eigenvalue weighted by molar-refractivity contribution is 0.0948. The predicted octanol–water partition coefficient (Wildman–Crippen LogP) is 2.33. The molecule has 2 N–H and O–H groups in total. The van der Waals surface area contributed by atoms with E-state index in [1.807, 2.05) is 30.3 Å².